The maximum absolute atomic E-state index is 12.5. The van der Waals surface area contributed by atoms with Gasteiger partial charge in [-0.25, -0.2) is 19.2 Å². The number of alkyl halides is 9. The van der Waals surface area contributed by atoms with Gasteiger partial charge in [0.1, 0.15) is 5.60 Å². The van der Waals surface area contributed by atoms with Crippen molar-refractivity contribution in [1.82, 2.24) is 39.6 Å². The second kappa shape index (κ2) is 15.6. The number of nitrogens with zero attached hydrogens (tertiary/aromatic N) is 7. The highest BCUT2D eigenvalue weighted by Crippen LogP contribution is 2.29. The Kier molecular flexibility index (Phi) is 12.8. The Balaban J connectivity index is 0.000000289. The molecular weight excluding hydrogens is 679 g/mol. The Labute approximate surface area is 266 Å². The lowest BCUT2D eigenvalue weighted by Crippen LogP contribution is -2.52. The Morgan fingerprint density at radius 2 is 1.04 bits per heavy atom. The summed E-state index contributed by atoms with van der Waals surface area (Å²) in [6, 6.07) is -1.18. The SMILES string of the molecule is CC(C)(C)OC(=O)N1CCN(C(=O)n2cc(C(F)(F)F)cn2)CC1.O=C(N1CCNCC1)n1cc(C(F)(F)F)cn1.O=C(O)C(F)(F)F. The van der Waals surface area contributed by atoms with Crippen LogP contribution >= 0.6 is 0 Å². The minimum absolute atomic E-state index is 0.194. The molecule has 4 rings (SSSR count). The van der Waals surface area contributed by atoms with Gasteiger partial charge in [-0.2, -0.15) is 59.1 Å². The normalized spacial score (nSPS) is 15.9. The summed E-state index contributed by atoms with van der Waals surface area (Å²) in [7, 11) is 0. The van der Waals surface area contributed by atoms with Crippen LogP contribution in [0.4, 0.5) is 53.9 Å². The van der Waals surface area contributed by atoms with Crippen LogP contribution in [0.5, 0.6) is 0 Å². The Hall–Kier alpha value is -4.57. The van der Waals surface area contributed by atoms with E-state index in [9.17, 15) is 53.9 Å². The van der Waals surface area contributed by atoms with Crippen LogP contribution in [0, 0.1) is 0 Å². The minimum atomic E-state index is -5.08. The molecule has 2 aromatic rings. The van der Waals surface area contributed by atoms with E-state index in [2.05, 4.69) is 15.5 Å². The predicted octanol–water partition coefficient (Wildman–Crippen LogP) is 3.83. The van der Waals surface area contributed by atoms with Gasteiger partial charge in [0, 0.05) is 64.8 Å². The third-order valence-electron chi connectivity index (χ3n) is 6.04. The second-order valence-corrected chi connectivity index (χ2v) is 10.9. The van der Waals surface area contributed by atoms with Gasteiger partial charge < -0.3 is 29.9 Å². The third kappa shape index (κ3) is 12.2. The lowest BCUT2D eigenvalue weighted by molar-refractivity contribution is -0.192. The molecule has 2 saturated heterocycles. The number of rotatable bonds is 0. The first kappa shape index (κ1) is 39.6. The van der Waals surface area contributed by atoms with Gasteiger partial charge in [-0.1, -0.05) is 0 Å². The minimum Gasteiger partial charge on any atom is -0.475 e. The molecule has 2 fully saturated rings. The van der Waals surface area contributed by atoms with Crippen molar-refractivity contribution in [3.8, 4) is 0 Å². The molecule has 2 N–H and O–H groups in total. The molecule has 0 aliphatic carbocycles. The molecule has 23 heteroatoms. The van der Waals surface area contributed by atoms with E-state index in [1.54, 1.807) is 20.8 Å². The summed E-state index contributed by atoms with van der Waals surface area (Å²) in [4.78, 5) is 49.0. The highest BCUT2D eigenvalue weighted by molar-refractivity contribution is 5.77. The summed E-state index contributed by atoms with van der Waals surface area (Å²) < 4.78 is 113. The molecule has 0 atom stereocenters. The van der Waals surface area contributed by atoms with Crippen LogP contribution in [0.1, 0.15) is 31.9 Å². The Morgan fingerprint density at radius 1 is 0.688 bits per heavy atom. The quantitative estimate of drug-likeness (QED) is 0.389. The number of aliphatic carboxylic acids is 1. The summed E-state index contributed by atoms with van der Waals surface area (Å²) in [5.74, 6) is -2.76. The molecule has 0 aromatic carbocycles. The number of nitrogens with one attached hydrogen (secondary N) is 1. The van der Waals surface area contributed by atoms with E-state index in [-0.39, 0.29) is 26.2 Å². The van der Waals surface area contributed by atoms with Crippen molar-refractivity contribution < 1.29 is 68.5 Å². The molecule has 2 aliphatic rings. The lowest BCUT2D eigenvalue weighted by Gasteiger charge is -2.35. The first-order valence-corrected chi connectivity index (χ1v) is 13.7. The van der Waals surface area contributed by atoms with E-state index >= 15 is 0 Å². The zero-order chi connectivity index (χ0) is 36.7. The largest absolute Gasteiger partial charge is 0.490 e. The summed E-state index contributed by atoms with van der Waals surface area (Å²) in [6.45, 7) is 8.35. The van der Waals surface area contributed by atoms with Gasteiger partial charge >= 0.3 is 42.7 Å². The number of carboxylic acid groups (broad SMARTS) is 1. The molecule has 270 valence electrons. The van der Waals surface area contributed by atoms with E-state index in [0.29, 0.717) is 55.6 Å². The third-order valence-corrected chi connectivity index (χ3v) is 6.04. The van der Waals surface area contributed by atoms with Crippen LogP contribution in [0.15, 0.2) is 24.8 Å². The maximum atomic E-state index is 12.5. The van der Waals surface area contributed by atoms with Gasteiger partial charge in [-0.3, -0.25) is 0 Å². The van der Waals surface area contributed by atoms with Crippen LogP contribution < -0.4 is 5.32 Å². The van der Waals surface area contributed by atoms with Gasteiger partial charge in [-0.05, 0) is 20.8 Å². The molecular formula is C25H31F9N8O6. The molecule has 0 unspecified atom stereocenters. The van der Waals surface area contributed by atoms with Crippen molar-refractivity contribution in [2.45, 2.75) is 44.9 Å². The number of carboxylic acids is 1. The average Bonchev–Trinajstić information content (AvgIpc) is 3.67. The molecule has 0 saturated carbocycles. The van der Waals surface area contributed by atoms with E-state index in [1.165, 1.54) is 14.7 Å². The smallest absolute Gasteiger partial charge is 0.475 e. The number of carbonyl (C=O) groups excluding carboxylic acids is 3. The van der Waals surface area contributed by atoms with Crippen molar-refractivity contribution in [2.75, 3.05) is 52.4 Å². The Bertz CT molecular complexity index is 1400. The zero-order valence-electron chi connectivity index (χ0n) is 25.5. The van der Waals surface area contributed by atoms with E-state index in [4.69, 9.17) is 14.6 Å². The molecule has 14 nitrogen and oxygen atoms in total. The van der Waals surface area contributed by atoms with Gasteiger partial charge in [-0.15, -0.1) is 0 Å². The summed E-state index contributed by atoms with van der Waals surface area (Å²) in [6.07, 6.45) is -12.0. The fourth-order valence-electron chi connectivity index (χ4n) is 3.70. The van der Waals surface area contributed by atoms with Crippen LogP contribution in [0.3, 0.4) is 0 Å². The van der Waals surface area contributed by atoms with E-state index in [0.717, 1.165) is 4.68 Å². The number of aromatic nitrogens is 4. The number of amides is 3. The Morgan fingerprint density at radius 3 is 1.35 bits per heavy atom. The first-order chi connectivity index (χ1) is 21.9. The lowest BCUT2D eigenvalue weighted by atomic mass is 10.2. The van der Waals surface area contributed by atoms with Gasteiger partial charge in [0.05, 0.1) is 23.5 Å². The molecule has 2 aliphatic heterocycles. The van der Waals surface area contributed by atoms with Crippen LogP contribution in [0.2, 0.25) is 0 Å². The van der Waals surface area contributed by atoms with Crippen LogP contribution in [-0.2, 0) is 21.9 Å². The molecule has 48 heavy (non-hydrogen) atoms. The molecule has 0 bridgehead atoms. The molecule has 3 amide bonds. The topological polar surface area (TPSA) is 155 Å². The average molecular weight is 711 g/mol. The summed E-state index contributed by atoms with van der Waals surface area (Å²) in [5.41, 5.74) is -2.52. The standard InChI is InChI=1S/C14H19F3N4O3.C9H11F3N4O.C2HF3O2/c1-13(2,3)24-12(23)20-6-4-19(5-7-20)11(22)21-9-10(8-18-21)14(15,16)17;10-9(11,12)7-5-14-16(6-7)8(17)15-3-1-13-2-4-15;3-2(4,5)1(6)7/h8-9H,4-7H2,1-3H3;5-6,13H,1-4H2;(H,6,7). The van der Waals surface area contributed by atoms with Gasteiger partial charge in [0.25, 0.3) is 0 Å². The van der Waals surface area contributed by atoms with Crippen molar-refractivity contribution in [1.29, 1.82) is 0 Å². The van der Waals surface area contributed by atoms with E-state index in [1.807, 2.05) is 0 Å². The van der Waals surface area contributed by atoms with Crippen molar-refractivity contribution in [2.24, 2.45) is 0 Å². The fourth-order valence-corrected chi connectivity index (χ4v) is 3.70. The highest BCUT2D eigenvalue weighted by atomic mass is 19.4. The zero-order valence-corrected chi connectivity index (χ0v) is 25.5. The van der Waals surface area contributed by atoms with Gasteiger partial charge in [0.15, 0.2) is 0 Å². The molecule has 0 radical (unpaired) electrons. The predicted molar refractivity (Wildman–Crippen MR) is 144 cm³/mol. The second-order valence-electron chi connectivity index (χ2n) is 10.9. The number of halogens is 9. The first-order valence-electron chi connectivity index (χ1n) is 13.7. The molecule has 0 spiro atoms. The highest BCUT2D eigenvalue weighted by Gasteiger charge is 2.38. The van der Waals surface area contributed by atoms with Crippen molar-refractivity contribution >= 4 is 24.1 Å². The number of hydrogen-bond acceptors (Lipinski definition) is 8. The summed E-state index contributed by atoms with van der Waals surface area (Å²) in [5, 5.41) is 17.1. The number of carbonyl (C=O) groups is 4. The summed E-state index contributed by atoms with van der Waals surface area (Å²) >= 11 is 0. The van der Waals surface area contributed by atoms with Crippen LogP contribution in [-0.4, -0.2) is 128 Å². The van der Waals surface area contributed by atoms with Crippen LogP contribution in [0.25, 0.3) is 0 Å². The van der Waals surface area contributed by atoms with Gasteiger partial charge in [0.2, 0.25) is 0 Å². The monoisotopic (exact) mass is 710 g/mol. The maximum Gasteiger partial charge on any atom is 0.490 e. The number of ether oxygens (including phenoxy) is 1. The number of hydrogen-bond donors (Lipinski definition) is 2. The van der Waals surface area contributed by atoms with Crippen molar-refractivity contribution in [3.05, 3.63) is 35.9 Å². The van der Waals surface area contributed by atoms with Crippen molar-refractivity contribution in [3.63, 3.8) is 0 Å². The molecule has 4 heterocycles. The molecule has 2 aromatic heterocycles. The number of piperazine rings is 2. The fraction of sp³-hybridized carbons (Fsp3) is 0.600. The van der Waals surface area contributed by atoms with E-state index < -0.39 is 59.4 Å².